The molecule has 0 N–H and O–H groups in total. The molecule has 0 radical (unpaired) electrons. The predicted octanol–water partition coefficient (Wildman–Crippen LogP) is 2.83. The Hall–Kier alpha value is -0.170. The van der Waals surface area contributed by atoms with Gasteiger partial charge < -0.3 is 0 Å². The van der Waals surface area contributed by atoms with Crippen LogP contribution in [0.5, 0.6) is 0 Å². The van der Waals surface area contributed by atoms with Gasteiger partial charge in [0.1, 0.15) is 0 Å². The Bertz CT molecular complexity index is 108. The number of hydrogen-bond donors (Lipinski definition) is 0. The van der Waals surface area contributed by atoms with Crippen LogP contribution in [0.15, 0.2) is 23.1 Å². The minimum Gasteiger partial charge on any atom is -0.130 e. The molecule has 0 bridgehead atoms. The molecule has 0 amide bonds. The zero-order valence-electron chi connectivity index (χ0n) is 5.69. The molecule has 0 heterocycles. The monoisotopic (exact) mass is 128 g/mol. The van der Waals surface area contributed by atoms with Crippen molar-refractivity contribution in [1.82, 2.24) is 0 Å². The average molecular weight is 128 g/mol. The summed E-state index contributed by atoms with van der Waals surface area (Å²) in [4.78, 5) is 1.13. The van der Waals surface area contributed by atoms with E-state index in [9.17, 15) is 0 Å². The van der Waals surface area contributed by atoms with Crippen molar-refractivity contribution in [2.45, 2.75) is 13.8 Å². The third-order valence-corrected chi connectivity index (χ3v) is 1.35. The molecule has 0 aromatic carbocycles. The van der Waals surface area contributed by atoms with Crippen molar-refractivity contribution in [2.75, 3.05) is 6.26 Å². The van der Waals surface area contributed by atoms with Gasteiger partial charge in [-0.3, -0.25) is 0 Å². The van der Waals surface area contributed by atoms with Gasteiger partial charge in [0.05, 0.1) is 0 Å². The maximum atomic E-state index is 3.80. The normalized spacial score (nSPS) is 8.38. The summed E-state index contributed by atoms with van der Waals surface area (Å²) in [5.74, 6) is 0. The van der Waals surface area contributed by atoms with Crippen molar-refractivity contribution in [3.63, 3.8) is 0 Å². The first kappa shape index (κ1) is 7.83. The van der Waals surface area contributed by atoms with Crippen LogP contribution in [0, 0.1) is 0 Å². The second-order valence-electron chi connectivity index (χ2n) is 1.89. The molecule has 0 spiro atoms. The SMILES string of the molecule is C=C(C=C(C)C)SC. The van der Waals surface area contributed by atoms with Crippen LogP contribution in [0.1, 0.15) is 13.8 Å². The molecule has 0 saturated heterocycles. The Balaban J connectivity index is 3.70. The largest absolute Gasteiger partial charge is 0.130 e. The minimum atomic E-state index is 1.13. The van der Waals surface area contributed by atoms with Gasteiger partial charge in [0.2, 0.25) is 0 Å². The third-order valence-electron chi connectivity index (χ3n) is 0.712. The quantitative estimate of drug-likeness (QED) is 0.515. The van der Waals surface area contributed by atoms with Crippen LogP contribution in [-0.4, -0.2) is 6.26 Å². The summed E-state index contributed by atoms with van der Waals surface area (Å²) in [5, 5.41) is 0. The Morgan fingerprint density at radius 2 is 2.00 bits per heavy atom. The highest BCUT2D eigenvalue weighted by Crippen LogP contribution is 2.11. The van der Waals surface area contributed by atoms with Crippen molar-refractivity contribution in [2.24, 2.45) is 0 Å². The van der Waals surface area contributed by atoms with Gasteiger partial charge >= 0.3 is 0 Å². The lowest BCUT2D eigenvalue weighted by Gasteiger charge is -1.91. The lowest BCUT2D eigenvalue weighted by molar-refractivity contribution is 1.39. The first-order chi connectivity index (χ1) is 3.66. The third kappa shape index (κ3) is 4.00. The molecule has 0 aliphatic rings. The lowest BCUT2D eigenvalue weighted by atomic mass is 10.3. The molecule has 0 saturated carbocycles. The zero-order chi connectivity index (χ0) is 6.57. The van der Waals surface area contributed by atoms with E-state index in [0.29, 0.717) is 0 Å². The van der Waals surface area contributed by atoms with Gasteiger partial charge in [-0.25, -0.2) is 0 Å². The average Bonchev–Trinajstić information content (AvgIpc) is 1.65. The van der Waals surface area contributed by atoms with Gasteiger partial charge in [-0.2, -0.15) is 0 Å². The van der Waals surface area contributed by atoms with E-state index in [1.807, 2.05) is 6.26 Å². The zero-order valence-corrected chi connectivity index (χ0v) is 6.51. The Kier molecular flexibility index (Phi) is 3.71. The van der Waals surface area contributed by atoms with Crippen LogP contribution in [0.4, 0.5) is 0 Å². The molecule has 0 aromatic heterocycles. The van der Waals surface area contributed by atoms with Crippen LogP contribution in [0.25, 0.3) is 0 Å². The van der Waals surface area contributed by atoms with Gasteiger partial charge in [-0.1, -0.05) is 18.2 Å². The lowest BCUT2D eigenvalue weighted by Crippen LogP contribution is -1.65. The van der Waals surface area contributed by atoms with Crippen LogP contribution in [0.3, 0.4) is 0 Å². The summed E-state index contributed by atoms with van der Waals surface area (Å²) < 4.78 is 0. The van der Waals surface area contributed by atoms with Crippen LogP contribution in [-0.2, 0) is 0 Å². The summed E-state index contributed by atoms with van der Waals surface area (Å²) in [6, 6.07) is 0. The first-order valence-electron chi connectivity index (χ1n) is 2.54. The molecule has 0 atom stereocenters. The standard InChI is InChI=1S/C7H12S/c1-6(2)5-7(3)8-4/h5H,3H2,1-2,4H3. The highest BCUT2D eigenvalue weighted by molar-refractivity contribution is 8.02. The number of hydrogen-bond acceptors (Lipinski definition) is 1. The van der Waals surface area contributed by atoms with Gasteiger partial charge in [0.25, 0.3) is 0 Å². The smallest absolute Gasteiger partial charge is 0.000350 e. The van der Waals surface area contributed by atoms with E-state index in [2.05, 4.69) is 26.5 Å². The van der Waals surface area contributed by atoms with Crippen LogP contribution >= 0.6 is 11.8 Å². The van der Waals surface area contributed by atoms with E-state index in [1.165, 1.54) is 5.57 Å². The molecule has 0 aliphatic heterocycles. The number of thioether (sulfide) groups is 1. The molecule has 0 rings (SSSR count). The van der Waals surface area contributed by atoms with Crippen molar-refractivity contribution in [1.29, 1.82) is 0 Å². The summed E-state index contributed by atoms with van der Waals surface area (Å²) >= 11 is 1.68. The summed E-state index contributed by atoms with van der Waals surface area (Å²) in [6.07, 6.45) is 4.10. The first-order valence-corrected chi connectivity index (χ1v) is 3.77. The van der Waals surface area contributed by atoms with Gasteiger partial charge in [-0.15, -0.1) is 11.8 Å². The molecular weight excluding hydrogens is 116 g/mol. The summed E-state index contributed by atoms with van der Waals surface area (Å²) in [5.41, 5.74) is 1.31. The number of rotatable bonds is 2. The molecule has 0 unspecified atom stereocenters. The van der Waals surface area contributed by atoms with E-state index in [0.717, 1.165) is 4.91 Å². The Morgan fingerprint density at radius 1 is 1.50 bits per heavy atom. The van der Waals surface area contributed by atoms with Crippen molar-refractivity contribution >= 4 is 11.8 Å². The van der Waals surface area contributed by atoms with Gasteiger partial charge in [0.15, 0.2) is 0 Å². The van der Waals surface area contributed by atoms with Crippen molar-refractivity contribution < 1.29 is 0 Å². The van der Waals surface area contributed by atoms with Crippen LogP contribution in [0.2, 0.25) is 0 Å². The molecule has 0 fully saturated rings. The molecule has 46 valence electrons. The van der Waals surface area contributed by atoms with Crippen LogP contribution < -0.4 is 0 Å². The maximum absolute atomic E-state index is 3.80. The minimum absolute atomic E-state index is 1.13. The van der Waals surface area contributed by atoms with E-state index < -0.39 is 0 Å². The van der Waals surface area contributed by atoms with Crippen molar-refractivity contribution in [3.8, 4) is 0 Å². The highest BCUT2D eigenvalue weighted by atomic mass is 32.2. The van der Waals surface area contributed by atoms with E-state index in [-0.39, 0.29) is 0 Å². The Labute approximate surface area is 55.7 Å². The predicted molar refractivity (Wildman–Crippen MR) is 42.1 cm³/mol. The highest BCUT2D eigenvalue weighted by Gasteiger charge is 1.81. The Morgan fingerprint density at radius 3 is 2.12 bits per heavy atom. The fraction of sp³-hybridized carbons (Fsp3) is 0.429. The number of allylic oxidation sites excluding steroid dienone is 2. The van der Waals surface area contributed by atoms with Gasteiger partial charge in [0, 0.05) is 0 Å². The molecular formula is C7H12S. The molecule has 0 aliphatic carbocycles. The van der Waals surface area contributed by atoms with E-state index in [4.69, 9.17) is 0 Å². The fourth-order valence-corrected chi connectivity index (χ4v) is 0.734. The molecule has 1 heteroatoms. The summed E-state index contributed by atoms with van der Waals surface area (Å²) in [7, 11) is 0. The van der Waals surface area contributed by atoms with Gasteiger partial charge in [-0.05, 0) is 25.0 Å². The van der Waals surface area contributed by atoms with Crippen molar-refractivity contribution in [3.05, 3.63) is 23.1 Å². The maximum Gasteiger partial charge on any atom is -0.000350 e. The molecule has 0 aromatic rings. The van der Waals surface area contributed by atoms with E-state index >= 15 is 0 Å². The molecule has 8 heavy (non-hydrogen) atoms. The molecule has 0 nitrogen and oxygen atoms in total. The van der Waals surface area contributed by atoms with E-state index in [1.54, 1.807) is 11.8 Å². The second-order valence-corrected chi connectivity index (χ2v) is 2.82. The summed E-state index contributed by atoms with van der Waals surface area (Å²) in [6.45, 7) is 7.94. The second kappa shape index (κ2) is 3.79. The topological polar surface area (TPSA) is 0 Å². The fourth-order valence-electron chi connectivity index (χ4n) is 0.381.